The molecule has 0 aliphatic carbocycles. The third-order valence-corrected chi connectivity index (χ3v) is 4.61. The number of nitrogens with zero attached hydrogens (tertiary/aromatic N) is 1. The van der Waals surface area contributed by atoms with Gasteiger partial charge in [0, 0.05) is 24.4 Å². The van der Waals surface area contributed by atoms with E-state index in [1.54, 1.807) is 16.7 Å². The highest BCUT2D eigenvalue weighted by Gasteiger charge is 2.36. The SMILES string of the molecule is C#CCSCCOC(=O)[C@@H]1CC(=O)N(c2ccccc2CC)C1. The fourth-order valence-corrected chi connectivity index (χ4v) is 3.08. The van der Waals surface area contributed by atoms with Gasteiger partial charge in [-0.2, -0.15) is 0 Å². The van der Waals surface area contributed by atoms with Crippen molar-refractivity contribution in [1.29, 1.82) is 0 Å². The van der Waals surface area contributed by atoms with Gasteiger partial charge in [-0.25, -0.2) is 0 Å². The number of carbonyl (C=O) groups is 2. The van der Waals surface area contributed by atoms with Crippen LogP contribution in [0.1, 0.15) is 18.9 Å². The Bertz CT molecular complexity index is 609. The van der Waals surface area contributed by atoms with Crippen molar-refractivity contribution in [1.82, 2.24) is 0 Å². The molecule has 1 fully saturated rings. The van der Waals surface area contributed by atoms with E-state index < -0.39 is 0 Å². The molecule has 0 saturated carbocycles. The number of hydrogen-bond donors (Lipinski definition) is 0. The highest BCUT2D eigenvalue weighted by Crippen LogP contribution is 2.29. The summed E-state index contributed by atoms with van der Waals surface area (Å²) in [6, 6.07) is 7.82. The zero-order valence-electron chi connectivity index (χ0n) is 13.3. The summed E-state index contributed by atoms with van der Waals surface area (Å²) < 4.78 is 5.25. The smallest absolute Gasteiger partial charge is 0.311 e. The summed E-state index contributed by atoms with van der Waals surface area (Å²) in [6.07, 6.45) is 6.22. The van der Waals surface area contributed by atoms with Crippen LogP contribution >= 0.6 is 11.8 Å². The minimum atomic E-state index is -0.384. The number of terminal acetylenes is 1. The topological polar surface area (TPSA) is 46.6 Å². The average molecular weight is 331 g/mol. The first-order valence-electron chi connectivity index (χ1n) is 7.73. The molecule has 1 aromatic carbocycles. The number of rotatable bonds is 7. The van der Waals surface area contributed by atoms with Gasteiger partial charge in [-0.1, -0.05) is 31.0 Å². The van der Waals surface area contributed by atoms with Crippen LogP contribution in [0.2, 0.25) is 0 Å². The lowest BCUT2D eigenvalue weighted by Crippen LogP contribution is -2.27. The van der Waals surface area contributed by atoms with Crippen LogP contribution in [0.15, 0.2) is 24.3 Å². The zero-order chi connectivity index (χ0) is 16.7. The molecule has 23 heavy (non-hydrogen) atoms. The van der Waals surface area contributed by atoms with Gasteiger partial charge in [0.1, 0.15) is 6.61 Å². The van der Waals surface area contributed by atoms with Crippen LogP contribution in [0, 0.1) is 18.3 Å². The van der Waals surface area contributed by atoms with Crippen LogP contribution in [0.3, 0.4) is 0 Å². The normalized spacial score (nSPS) is 17.1. The lowest BCUT2D eigenvalue weighted by Gasteiger charge is -2.19. The third-order valence-electron chi connectivity index (χ3n) is 3.78. The second-order valence-corrected chi connectivity index (χ2v) is 6.42. The maximum atomic E-state index is 12.3. The first-order chi connectivity index (χ1) is 11.2. The Hall–Kier alpha value is -1.93. The molecule has 1 amide bonds. The van der Waals surface area contributed by atoms with E-state index >= 15 is 0 Å². The largest absolute Gasteiger partial charge is 0.465 e. The minimum absolute atomic E-state index is 0.0189. The molecule has 2 rings (SSSR count). The molecule has 0 unspecified atom stereocenters. The Labute approximate surface area is 141 Å². The number of benzene rings is 1. The molecular weight excluding hydrogens is 310 g/mol. The lowest BCUT2D eigenvalue weighted by atomic mass is 10.1. The lowest BCUT2D eigenvalue weighted by molar-refractivity contribution is -0.147. The number of aryl methyl sites for hydroxylation is 1. The summed E-state index contributed by atoms with van der Waals surface area (Å²) in [6.45, 7) is 2.78. The predicted molar refractivity (Wildman–Crippen MR) is 93.4 cm³/mol. The molecule has 0 spiro atoms. The zero-order valence-corrected chi connectivity index (χ0v) is 14.1. The third kappa shape index (κ3) is 4.52. The number of anilines is 1. The first-order valence-corrected chi connectivity index (χ1v) is 8.89. The van der Waals surface area contributed by atoms with Gasteiger partial charge in [-0.3, -0.25) is 9.59 Å². The molecule has 1 atom stereocenters. The van der Waals surface area contributed by atoms with E-state index in [0.29, 0.717) is 24.7 Å². The molecule has 1 saturated heterocycles. The molecule has 122 valence electrons. The van der Waals surface area contributed by atoms with Crippen molar-refractivity contribution in [2.24, 2.45) is 5.92 Å². The summed E-state index contributed by atoms with van der Waals surface area (Å²) in [4.78, 5) is 26.1. The van der Waals surface area contributed by atoms with E-state index in [9.17, 15) is 9.59 Å². The number of carbonyl (C=O) groups excluding carboxylic acids is 2. The minimum Gasteiger partial charge on any atom is -0.465 e. The molecule has 1 aromatic rings. The van der Waals surface area contributed by atoms with Crippen molar-refractivity contribution in [2.75, 3.05) is 29.6 Å². The molecule has 0 N–H and O–H groups in total. The van der Waals surface area contributed by atoms with Crippen molar-refractivity contribution >= 4 is 29.3 Å². The summed E-state index contributed by atoms with van der Waals surface area (Å²) in [7, 11) is 0. The van der Waals surface area contributed by atoms with Gasteiger partial charge in [0.2, 0.25) is 5.91 Å². The summed E-state index contributed by atoms with van der Waals surface area (Å²) in [5.74, 6) is 3.12. The van der Waals surface area contributed by atoms with Crippen LogP contribution in [-0.4, -0.2) is 36.5 Å². The maximum Gasteiger partial charge on any atom is 0.311 e. The van der Waals surface area contributed by atoms with Gasteiger partial charge in [-0.15, -0.1) is 18.2 Å². The summed E-state index contributed by atoms with van der Waals surface area (Å²) in [5, 5.41) is 0. The quantitative estimate of drug-likeness (QED) is 0.437. The van der Waals surface area contributed by atoms with Crippen molar-refractivity contribution in [3.8, 4) is 12.3 Å². The monoisotopic (exact) mass is 331 g/mol. The van der Waals surface area contributed by atoms with E-state index in [4.69, 9.17) is 11.2 Å². The van der Waals surface area contributed by atoms with Crippen molar-refractivity contribution in [2.45, 2.75) is 19.8 Å². The van der Waals surface area contributed by atoms with Gasteiger partial charge >= 0.3 is 5.97 Å². The predicted octanol–water partition coefficient (Wildman–Crippen LogP) is 2.51. The molecule has 0 aromatic heterocycles. The average Bonchev–Trinajstić information content (AvgIpc) is 2.96. The van der Waals surface area contributed by atoms with Gasteiger partial charge in [0.15, 0.2) is 0 Å². The van der Waals surface area contributed by atoms with Crippen LogP contribution < -0.4 is 4.90 Å². The van der Waals surface area contributed by atoms with E-state index in [1.807, 2.05) is 24.3 Å². The number of esters is 1. The molecule has 1 heterocycles. The number of para-hydroxylation sites is 1. The Morgan fingerprint density at radius 2 is 2.26 bits per heavy atom. The van der Waals surface area contributed by atoms with Crippen molar-refractivity contribution < 1.29 is 14.3 Å². The Morgan fingerprint density at radius 3 is 3.00 bits per heavy atom. The molecule has 4 nitrogen and oxygen atoms in total. The van der Waals surface area contributed by atoms with Gasteiger partial charge in [-0.05, 0) is 18.1 Å². The van der Waals surface area contributed by atoms with Crippen LogP contribution in [0.25, 0.3) is 0 Å². The molecular formula is C18H21NO3S. The number of amides is 1. The Kier molecular flexibility index (Phi) is 6.54. The maximum absolute atomic E-state index is 12.3. The highest BCUT2D eigenvalue weighted by atomic mass is 32.2. The second kappa shape index (κ2) is 8.64. The fourth-order valence-electron chi connectivity index (χ4n) is 2.62. The van der Waals surface area contributed by atoms with Gasteiger partial charge < -0.3 is 9.64 Å². The van der Waals surface area contributed by atoms with Crippen LogP contribution in [0.5, 0.6) is 0 Å². The standard InChI is InChI=1S/C18H21NO3S/c1-3-10-23-11-9-22-18(21)15-12-17(20)19(13-15)16-8-6-5-7-14(16)4-2/h1,5-8,15H,4,9-13H2,2H3/t15-/m1/s1. The molecule has 0 bridgehead atoms. The van der Waals surface area contributed by atoms with E-state index in [0.717, 1.165) is 17.7 Å². The number of hydrogen-bond acceptors (Lipinski definition) is 4. The summed E-state index contributed by atoms with van der Waals surface area (Å²) in [5.41, 5.74) is 2.01. The van der Waals surface area contributed by atoms with Crippen molar-refractivity contribution in [3.05, 3.63) is 29.8 Å². The first kappa shape index (κ1) is 17.4. The molecule has 5 heteroatoms. The van der Waals surface area contributed by atoms with Gasteiger partial charge in [0.25, 0.3) is 0 Å². The highest BCUT2D eigenvalue weighted by molar-refractivity contribution is 7.99. The van der Waals surface area contributed by atoms with Crippen LogP contribution in [-0.2, 0) is 20.7 Å². The van der Waals surface area contributed by atoms with E-state index in [2.05, 4.69) is 12.8 Å². The van der Waals surface area contributed by atoms with E-state index in [1.165, 1.54) is 0 Å². The number of thioether (sulfide) groups is 1. The number of ether oxygens (including phenoxy) is 1. The Morgan fingerprint density at radius 1 is 1.48 bits per heavy atom. The fraction of sp³-hybridized carbons (Fsp3) is 0.444. The summed E-state index contributed by atoms with van der Waals surface area (Å²) >= 11 is 1.55. The van der Waals surface area contributed by atoms with Gasteiger partial charge in [0.05, 0.1) is 11.7 Å². The molecule has 0 radical (unpaired) electrons. The Balaban J connectivity index is 1.92. The molecule has 1 aliphatic heterocycles. The second-order valence-electron chi connectivity index (χ2n) is 5.31. The van der Waals surface area contributed by atoms with Crippen LogP contribution in [0.4, 0.5) is 5.69 Å². The van der Waals surface area contributed by atoms with E-state index in [-0.39, 0.29) is 24.2 Å². The molecule has 1 aliphatic rings. The van der Waals surface area contributed by atoms with Crippen molar-refractivity contribution in [3.63, 3.8) is 0 Å².